The molecule has 1 aliphatic heterocycles. The van der Waals surface area contributed by atoms with Gasteiger partial charge in [0.25, 0.3) is 0 Å². The fraction of sp³-hybridized carbons (Fsp3) is 0.727. The Balaban J connectivity index is 2.19. The Morgan fingerprint density at radius 2 is 2.53 bits per heavy atom. The minimum atomic E-state index is -0.420. The molecular formula is C11H18N2O2. The molecule has 1 N–H and O–H groups in total. The monoisotopic (exact) mass is 210 g/mol. The third kappa shape index (κ3) is 2.06. The molecule has 0 aliphatic carbocycles. The summed E-state index contributed by atoms with van der Waals surface area (Å²) < 4.78 is 7.06. The molecule has 1 aromatic heterocycles. The zero-order valence-electron chi connectivity index (χ0n) is 9.31. The molecule has 1 saturated heterocycles. The van der Waals surface area contributed by atoms with Crippen molar-refractivity contribution in [3.8, 4) is 0 Å². The number of aromatic nitrogens is 2. The summed E-state index contributed by atoms with van der Waals surface area (Å²) in [4.78, 5) is 0. The number of aliphatic hydroxyl groups excluding tert-OH is 1. The Morgan fingerprint density at radius 3 is 3.13 bits per heavy atom. The molecular weight excluding hydrogens is 192 g/mol. The van der Waals surface area contributed by atoms with E-state index < -0.39 is 6.10 Å². The van der Waals surface area contributed by atoms with E-state index in [4.69, 9.17) is 4.74 Å². The highest BCUT2D eigenvalue weighted by atomic mass is 16.5. The van der Waals surface area contributed by atoms with Gasteiger partial charge in [-0.25, -0.2) is 0 Å². The number of ether oxygens (including phenoxy) is 1. The maximum atomic E-state index is 10.2. The maximum absolute atomic E-state index is 10.2. The summed E-state index contributed by atoms with van der Waals surface area (Å²) in [6, 6.07) is 0. The van der Waals surface area contributed by atoms with Crippen molar-refractivity contribution in [2.75, 3.05) is 13.2 Å². The van der Waals surface area contributed by atoms with Crippen LogP contribution in [0.2, 0.25) is 0 Å². The van der Waals surface area contributed by atoms with Crippen LogP contribution < -0.4 is 0 Å². The SMILES string of the molecule is CCc1nn(C)cc1C(O)C1CCOC1. The van der Waals surface area contributed by atoms with Crippen molar-refractivity contribution in [1.82, 2.24) is 9.78 Å². The molecule has 1 aromatic rings. The van der Waals surface area contributed by atoms with Gasteiger partial charge in [0, 0.05) is 31.3 Å². The molecule has 0 bridgehead atoms. The zero-order chi connectivity index (χ0) is 10.8. The molecule has 0 amide bonds. The number of nitrogens with zero attached hydrogens (tertiary/aromatic N) is 2. The normalized spacial score (nSPS) is 23.3. The lowest BCUT2D eigenvalue weighted by Crippen LogP contribution is -2.13. The van der Waals surface area contributed by atoms with Crippen LogP contribution in [-0.4, -0.2) is 28.1 Å². The summed E-state index contributed by atoms with van der Waals surface area (Å²) >= 11 is 0. The summed E-state index contributed by atoms with van der Waals surface area (Å²) in [5.74, 6) is 0.236. The summed E-state index contributed by atoms with van der Waals surface area (Å²) in [6.45, 7) is 3.49. The summed E-state index contributed by atoms with van der Waals surface area (Å²) in [5.41, 5.74) is 1.97. The van der Waals surface area contributed by atoms with Gasteiger partial charge in [-0.1, -0.05) is 6.92 Å². The van der Waals surface area contributed by atoms with Crippen molar-refractivity contribution >= 4 is 0 Å². The van der Waals surface area contributed by atoms with Gasteiger partial charge in [0.05, 0.1) is 18.4 Å². The van der Waals surface area contributed by atoms with E-state index in [0.717, 1.165) is 30.7 Å². The first kappa shape index (κ1) is 10.6. The van der Waals surface area contributed by atoms with Crippen LogP contribution in [0, 0.1) is 5.92 Å². The van der Waals surface area contributed by atoms with Gasteiger partial charge in [-0.3, -0.25) is 4.68 Å². The van der Waals surface area contributed by atoms with Crippen LogP contribution in [0.5, 0.6) is 0 Å². The summed E-state index contributed by atoms with van der Waals surface area (Å²) in [5, 5.41) is 14.5. The molecule has 1 aliphatic rings. The fourth-order valence-corrected chi connectivity index (χ4v) is 2.13. The number of aryl methyl sites for hydroxylation is 2. The van der Waals surface area contributed by atoms with Crippen LogP contribution in [0.1, 0.15) is 30.7 Å². The predicted octanol–water partition coefficient (Wildman–Crippen LogP) is 1.05. The standard InChI is InChI=1S/C11H18N2O2/c1-3-10-9(6-13(2)12-10)11(14)8-4-5-15-7-8/h6,8,11,14H,3-5,7H2,1-2H3. The van der Waals surface area contributed by atoms with E-state index in [-0.39, 0.29) is 5.92 Å². The first-order chi connectivity index (χ1) is 7.22. The molecule has 4 nitrogen and oxygen atoms in total. The van der Waals surface area contributed by atoms with Crippen LogP contribution in [0.3, 0.4) is 0 Å². The van der Waals surface area contributed by atoms with Crippen LogP contribution in [0.4, 0.5) is 0 Å². The van der Waals surface area contributed by atoms with Crippen molar-refractivity contribution in [2.45, 2.75) is 25.9 Å². The highest BCUT2D eigenvalue weighted by molar-refractivity contribution is 5.20. The number of aliphatic hydroxyl groups is 1. The number of rotatable bonds is 3. The van der Waals surface area contributed by atoms with Crippen LogP contribution in [0.25, 0.3) is 0 Å². The average molecular weight is 210 g/mol. The average Bonchev–Trinajstić information content (AvgIpc) is 2.84. The minimum Gasteiger partial charge on any atom is -0.388 e. The molecule has 0 spiro atoms. The number of hydrogen-bond acceptors (Lipinski definition) is 3. The largest absolute Gasteiger partial charge is 0.388 e. The molecule has 0 aromatic carbocycles. The van der Waals surface area contributed by atoms with Gasteiger partial charge in [-0.05, 0) is 12.8 Å². The third-order valence-electron chi connectivity index (χ3n) is 3.00. The van der Waals surface area contributed by atoms with Crippen molar-refractivity contribution in [3.63, 3.8) is 0 Å². The smallest absolute Gasteiger partial charge is 0.0874 e. The highest BCUT2D eigenvalue weighted by Crippen LogP contribution is 2.30. The molecule has 84 valence electrons. The van der Waals surface area contributed by atoms with E-state index in [1.54, 1.807) is 4.68 Å². The summed E-state index contributed by atoms with van der Waals surface area (Å²) in [7, 11) is 1.89. The molecule has 0 saturated carbocycles. The van der Waals surface area contributed by atoms with Crippen molar-refractivity contribution in [2.24, 2.45) is 13.0 Å². The Kier molecular flexibility index (Phi) is 3.07. The van der Waals surface area contributed by atoms with Gasteiger partial charge in [0.2, 0.25) is 0 Å². The van der Waals surface area contributed by atoms with Gasteiger partial charge in [0.1, 0.15) is 0 Å². The van der Waals surface area contributed by atoms with Crippen molar-refractivity contribution in [1.29, 1.82) is 0 Å². The van der Waals surface area contributed by atoms with Gasteiger partial charge in [-0.2, -0.15) is 5.10 Å². The van der Waals surface area contributed by atoms with E-state index in [9.17, 15) is 5.11 Å². The van der Waals surface area contributed by atoms with Crippen molar-refractivity contribution < 1.29 is 9.84 Å². The molecule has 4 heteroatoms. The predicted molar refractivity (Wildman–Crippen MR) is 56.5 cm³/mol. The molecule has 0 radical (unpaired) electrons. The first-order valence-corrected chi connectivity index (χ1v) is 5.50. The molecule has 2 heterocycles. The highest BCUT2D eigenvalue weighted by Gasteiger charge is 2.27. The second kappa shape index (κ2) is 4.33. The van der Waals surface area contributed by atoms with E-state index >= 15 is 0 Å². The van der Waals surface area contributed by atoms with E-state index in [0.29, 0.717) is 6.61 Å². The quantitative estimate of drug-likeness (QED) is 0.811. The molecule has 2 atom stereocenters. The topological polar surface area (TPSA) is 47.3 Å². The Morgan fingerprint density at radius 1 is 1.73 bits per heavy atom. The Labute approximate surface area is 89.9 Å². The third-order valence-corrected chi connectivity index (χ3v) is 3.00. The molecule has 15 heavy (non-hydrogen) atoms. The lowest BCUT2D eigenvalue weighted by Gasteiger charge is -2.15. The Hall–Kier alpha value is -0.870. The lowest BCUT2D eigenvalue weighted by atomic mass is 9.95. The Bertz CT molecular complexity index is 329. The summed E-state index contributed by atoms with van der Waals surface area (Å²) in [6.07, 6.45) is 3.30. The fourth-order valence-electron chi connectivity index (χ4n) is 2.13. The zero-order valence-corrected chi connectivity index (χ0v) is 9.31. The van der Waals surface area contributed by atoms with E-state index in [2.05, 4.69) is 12.0 Å². The lowest BCUT2D eigenvalue weighted by molar-refractivity contribution is 0.0911. The van der Waals surface area contributed by atoms with Gasteiger partial charge in [0.15, 0.2) is 0 Å². The molecule has 2 unspecified atom stereocenters. The first-order valence-electron chi connectivity index (χ1n) is 5.50. The maximum Gasteiger partial charge on any atom is 0.0874 e. The van der Waals surface area contributed by atoms with Crippen LogP contribution >= 0.6 is 0 Å². The van der Waals surface area contributed by atoms with Crippen LogP contribution in [0.15, 0.2) is 6.20 Å². The molecule has 2 rings (SSSR count). The van der Waals surface area contributed by atoms with E-state index in [1.165, 1.54) is 0 Å². The van der Waals surface area contributed by atoms with Crippen LogP contribution in [-0.2, 0) is 18.2 Å². The van der Waals surface area contributed by atoms with Crippen molar-refractivity contribution in [3.05, 3.63) is 17.5 Å². The second-order valence-corrected chi connectivity index (χ2v) is 4.13. The molecule has 1 fully saturated rings. The van der Waals surface area contributed by atoms with E-state index in [1.807, 2.05) is 13.2 Å². The number of hydrogen-bond donors (Lipinski definition) is 1. The van der Waals surface area contributed by atoms with Gasteiger partial charge in [-0.15, -0.1) is 0 Å². The van der Waals surface area contributed by atoms with Gasteiger partial charge < -0.3 is 9.84 Å². The minimum absolute atomic E-state index is 0.236. The van der Waals surface area contributed by atoms with Gasteiger partial charge >= 0.3 is 0 Å². The second-order valence-electron chi connectivity index (χ2n) is 4.13.